The molecule has 0 unspecified atom stereocenters. The third kappa shape index (κ3) is 1.89. The second-order valence-corrected chi connectivity index (χ2v) is 4.35. The van der Waals surface area contributed by atoms with Gasteiger partial charge in [-0.05, 0) is 24.6 Å². The highest BCUT2D eigenvalue weighted by Gasteiger charge is 2.12. The maximum atomic E-state index is 6.03. The zero-order valence-corrected chi connectivity index (χ0v) is 10.8. The lowest BCUT2D eigenvalue weighted by Gasteiger charge is -2.05. The molecule has 1 aromatic carbocycles. The third-order valence-corrected chi connectivity index (χ3v) is 3.07. The molecule has 0 saturated carbocycles. The predicted molar refractivity (Wildman–Crippen MR) is 75.0 cm³/mol. The summed E-state index contributed by atoms with van der Waals surface area (Å²) in [6, 6.07) is 9.49. The summed E-state index contributed by atoms with van der Waals surface area (Å²) in [5, 5.41) is 0. The van der Waals surface area contributed by atoms with E-state index in [1.54, 1.807) is 13.2 Å². The number of fused-ring (bicyclic) bond motifs is 1. The number of hydrogen-bond donors (Lipinski definition) is 2. The maximum Gasteiger partial charge on any atom is 0.215 e. The van der Waals surface area contributed by atoms with E-state index in [0.717, 1.165) is 22.5 Å². The fourth-order valence-corrected chi connectivity index (χ4v) is 2.12. The van der Waals surface area contributed by atoms with Crippen molar-refractivity contribution >= 4 is 16.9 Å². The monoisotopic (exact) mass is 254 g/mol. The number of nitrogens with one attached hydrogen (secondary N) is 1. The summed E-state index contributed by atoms with van der Waals surface area (Å²) in [6.07, 6.45) is 0. The van der Waals surface area contributed by atoms with E-state index < -0.39 is 0 Å². The molecule has 0 bridgehead atoms. The molecule has 0 aliphatic rings. The zero-order chi connectivity index (χ0) is 13.4. The first-order valence-corrected chi connectivity index (χ1v) is 5.95. The second kappa shape index (κ2) is 4.28. The number of ether oxygens (including phenoxy) is 1. The van der Waals surface area contributed by atoms with Crippen LogP contribution in [-0.2, 0) is 0 Å². The fraction of sp³-hybridized carbons (Fsp3) is 0.143. The van der Waals surface area contributed by atoms with Gasteiger partial charge in [-0.25, -0.2) is 4.98 Å². The molecule has 2 aromatic heterocycles. The van der Waals surface area contributed by atoms with Gasteiger partial charge in [0.2, 0.25) is 5.88 Å². The lowest BCUT2D eigenvalue weighted by atomic mass is 10.1. The molecule has 19 heavy (non-hydrogen) atoms. The third-order valence-electron chi connectivity index (χ3n) is 3.07. The minimum Gasteiger partial charge on any atom is -0.481 e. The van der Waals surface area contributed by atoms with Gasteiger partial charge in [0.1, 0.15) is 5.82 Å². The molecule has 0 amide bonds. The Bertz CT molecular complexity index is 728. The smallest absolute Gasteiger partial charge is 0.215 e. The number of H-pyrrole nitrogens is 1. The second-order valence-electron chi connectivity index (χ2n) is 4.35. The number of hydrogen-bond acceptors (Lipinski definition) is 4. The lowest BCUT2D eigenvalue weighted by Crippen LogP contribution is -1.93. The molecule has 0 aliphatic carbocycles. The van der Waals surface area contributed by atoms with Crippen molar-refractivity contribution in [3.05, 3.63) is 35.9 Å². The largest absolute Gasteiger partial charge is 0.481 e. The van der Waals surface area contributed by atoms with Crippen LogP contribution in [0.3, 0.4) is 0 Å². The highest BCUT2D eigenvalue weighted by Crippen LogP contribution is 2.28. The van der Waals surface area contributed by atoms with Crippen LogP contribution in [0.4, 0.5) is 5.69 Å². The zero-order valence-electron chi connectivity index (χ0n) is 10.8. The number of nitrogens with two attached hydrogens (primary N) is 1. The molecule has 3 N–H and O–H groups in total. The Morgan fingerprint density at radius 2 is 2.00 bits per heavy atom. The van der Waals surface area contributed by atoms with Crippen LogP contribution in [0.25, 0.3) is 22.6 Å². The van der Waals surface area contributed by atoms with Crippen molar-refractivity contribution < 1.29 is 4.74 Å². The number of nitrogens with zero attached hydrogens (tertiary/aromatic N) is 2. The van der Waals surface area contributed by atoms with E-state index in [9.17, 15) is 0 Å². The Hall–Kier alpha value is -2.56. The minimum absolute atomic E-state index is 0.545. The van der Waals surface area contributed by atoms with Crippen molar-refractivity contribution in [3.63, 3.8) is 0 Å². The number of methoxy groups -OCH3 is 1. The Kier molecular flexibility index (Phi) is 2.59. The van der Waals surface area contributed by atoms with E-state index in [1.165, 1.54) is 0 Å². The van der Waals surface area contributed by atoms with E-state index in [4.69, 9.17) is 10.5 Å². The minimum atomic E-state index is 0.545. The average Bonchev–Trinajstić information content (AvgIpc) is 2.80. The highest BCUT2D eigenvalue weighted by atomic mass is 16.5. The van der Waals surface area contributed by atoms with Gasteiger partial charge in [-0.2, -0.15) is 4.98 Å². The van der Waals surface area contributed by atoms with Crippen LogP contribution >= 0.6 is 0 Å². The fourth-order valence-electron chi connectivity index (χ4n) is 2.12. The van der Waals surface area contributed by atoms with Crippen molar-refractivity contribution in [2.45, 2.75) is 6.92 Å². The Balaban J connectivity index is 2.21. The van der Waals surface area contributed by atoms with Gasteiger partial charge in [-0.15, -0.1) is 0 Å². The van der Waals surface area contributed by atoms with Gasteiger partial charge < -0.3 is 15.5 Å². The SMILES string of the molecule is COc1ccc2[nH]c(-c3c(C)cccc3N)nc2n1. The van der Waals surface area contributed by atoms with Crippen LogP contribution in [0.1, 0.15) is 5.56 Å². The van der Waals surface area contributed by atoms with Gasteiger partial charge in [0.05, 0.1) is 12.6 Å². The molecule has 0 spiro atoms. The number of aromatic amines is 1. The average molecular weight is 254 g/mol. The van der Waals surface area contributed by atoms with Crippen LogP contribution in [-0.4, -0.2) is 22.1 Å². The number of aryl methyl sites for hydroxylation is 1. The first-order chi connectivity index (χ1) is 9.19. The maximum absolute atomic E-state index is 6.03. The van der Waals surface area contributed by atoms with Gasteiger partial charge >= 0.3 is 0 Å². The molecular weight excluding hydrogens is 240 g/mol. The summed E-state index contributed by atoms with van der Waals surface area (Å²) in [7, 11) is 1.58. The number of benzene rings is 1. The summed E-state index contributed by atoms with van der Waals surface area (Å²) >= 11 is 0. The molecule has 0 saturated heterocycles. The molecule has 5 nitrogen and oxygen atoms in total. The number of pyridine rings is 1. The molecule has 96 valence electrons. The standard InChI is InChI=1S/C14H14N4O/c1-8-4-3-5-9(15)12(8)14-16-10-6-7-11(19-2)17-13(10)18-14/h3-7H,15H2,1-2H3,(H,16,17,18). The van der Waals surface area contributed by atoms with Crippen molar-refractivity contribution in [1.82, 2.24) is 15.0 Å². The molecule has 0 aliphatic heterocycles. The summed E-state index contributed by atoms with van der Waals surface area (Å²) in [6.45, 7) is 2.01. The normalized spacial score (nSPS) is 10.8. The van der Waals surface area contributed by atoms with Gasteiger partial charge in [-0.1, -0.05) is 12.1 Å². The van der Waals surface area contributed by atoms with Gasteiger partial charge in [0.15, 0.2) is 5.65 Å². The molecule has 5 heteroatoms. The first-order valence-electron chi connectivity index (χ1n) is 5.95. The topological polar surface area (TPSA) is 76.8 Å². The Morgan fingerprint density at radius 3 is 2.74 bits per heavy atom. The molecule has 0 fully saturated rings. The van der Waals surface area contributed by atoms with Crippen LogP contribution in [0.15, 0.2) is 30.3 Å². The molecule has 0 radical (unpaired) electrons. The van der Waals surface area contributed by atoms with Crippen LogP contribution < -0.4 is 10.5 Å². The molecular formula is C14H14N4O. The summed E-state index contributed by atoms with van der Waals surface area (Å²) in [5.41, 5.74) is 10.2. The number of rotatable bonds is 2. The van der Waals surface area contributed by atoms with E-state index in [1.807, 2.05) is 31.2 Å². The van der Waals surface area contributed by atoms with E-state index >= 15 is 0 Å². The molecule has 0 atom stereocenters. The predicted octanol–water partition coefficient (Wildman–Crippen LogP) is 2.52. The van der Waals surface area contributed by atoms with Crippen LogP contribution in [0, 0.1) is 6.92 Å². The first kappa shape index (κ1) is 11.5. The quantitative estimate of drug-likeness (QED) is 0.689. The highest BCUT2D eigenvalue weighted by molar-refractivity contribution is 5.82. The van der Waals surface area contributed by atoms with Crippen molar-refractivity contribution in [2.75, 3.05) is 12.8 Å². The van der Waals surface area contributed by atoms with E-state index in [2.05, 4.69) is 15.0 Å². The summed E-state index contributed by atoms with van der Waals surface area (Å²) < 4.78 is 5.10. The Morgan fingerprint density at radius 1 is 1.16 bits per heavy atom. The van der Waals surface area contributed by atoms with Crippen LogP contribution in [0.5, 0.6) is 5.88 Å². The Labute approximate surface area is 110 Å². The number of anilines is 1. The summed E-state index contributed by atoms with van der Waals surface area (Å²) in [4.78, 5) is 12.0. The number of nitrogen functional groups attached to an aromatic ring is 1. The van der Waals surface area contributed by atoms with Crippen LogP contribution in [0.2, 0.25) is 0 Å². The lowest BCUT2D eigenvalue weighted by molar-refractivity contribution is 0.399. The van der Waals surface area contributed by atoms with Gasteiger partial charge in [-0.3, -0.25) is 0 Å². The van der Waals surface area contributed by atoms with Gasteiger partial charge in [0, 0.05) is 17.3 Å². The summed E-state index contributed by atoms with van der Waals surface area (Å²) in [5.74, 6) is 1.27. The van der Waals surface area contributed by atoms with E-state index in [-0.39, 0.29) is 0 Å². The van der Waals surface area contributed by atoms with Crippen molar-refractivity contribution in [3.8, 4) is 17.3 Å². The van der Waals surface area contributed by atoms with Gasteiger partial charge in [0.25, 0.3) is 0 Å². The molecule has 3 aromatic rings. The number of aromatic nitrogens is 3. The van der Waals surface area contributed by atoms with E-state index in [0.29, 0.717) is 17.2 Å². The number of imidazole rings is 1. The molecule has 3 rings (SSSR count). The van der Waals surface area contributed by atoms with Crippen molar-refractivity contribution in [2.24, 2.45) is 0 Å². The molecule has 2 heterocycles. The van der Waals surface area contributed by atoms with Crippen molar-refractivity contribution in [1.29, 1.82) is 0 Å².